The molecule has 0 bridgehead atoms. The Kier molecular flexibility index (Phi) is 4.76. The maximum atomic E-state index is 10.9. The van der Waals surface area contributed by atoms with Crippen LogP contribution in [0.1, 0.15) is 10.4 Å². The summed E-state index contributed by atoms with van der Waals surface area (Å²) in [5.74, 6) is -0.104. The minimum absolute atomic E-state index is 0. The molecule has 0 saturated heterocycles. The van der Waals surface area contributed by atoms with E-state index in [1.165, 1.54) is 6.20 Å². The maximum absolute atomic E-state index is 10.9. The van der Waals surface area contributed by atoms with E-state index in [1.54, 1.807) is 25.4 Å². The SMILES string of the molecule is CNC(=O)c1cccnc1.I. The molecule has 1 amide bonds. The third-order valence-electron chi connectivity index (χ3n) is 1.15. The highest BCUT2D eigenvalue weighted by atomic mass is 127. The molecular weight excluding hydrogens is 255 g/mol. The quantitative estimate of drug-likeness (QED) is 0.770. The average molecular weight is 264 g/mol. The third-order valence-corrected chi connectivity index (χ3v) is 1.15. The van der Waals surface area contributed by atoms with E-state index < -0.39 is 0 Å². The van der Waals surface area contributed by atoms with Gasteiger partial charge in [0.15, 0.2) is 0 Å². The highest BCUT2D eigenvalue weighted by Crippen LogP contribution is 1.93. The second-order valence-corrected chi connectivity index (χ2v) is 1.82. The Morgan fingerprint density at radius 2 is 2.36 bits per heavy atom. The molecule has 0 atom stereocenters. The van der Waals surface area contributed by atoms with Crippen molar-refractivity contribution in [3.05, 3.63) is 30.1 Å². The Hall–Kier alpha value is -0.650. The molecule has 0 aliphatic rings. The Morgan fingerprint density at radius 3 is 2.82 bits per heavy atom. The van der Waals surface area contributed by atoms with Gasteiger partial charge in [0.1, 0.15) is 0 Å². The fraction of sp³-hybridized carbons (Fsp3) is 0.143. The van der Waals surface area contributed by atoms with Crippen LogP contribution in [0.4, 0.5) is 0 Å². The zero-order valence-corrected chi connectivity index (χ0v) is 8.40. The van der Waals surface area contributed by atoms with Crippen LogP contribution in [0.25, 0.3) is 0 Å². The van der Waals surface area contributed by atoms with Crippen molar-refractivity contribution in [1.82, 2.24) is 10.3 Å². The van der Waals surface area contributed by atoms with E-state index in [-0.39, 0.29) is 29.9 Å². The number of nitrogens with one attached hydrogen (secondary N) is 1. The fourth-order valence-corrected chi connectivity index (χ4v) is 0.641. The highest BCUT2D eigenvalue weighted by Gasteiger charge is 1.98. The molecule has 1 N–H and O–H groups in total. The van der Waals surface area contributed by atoms with Gasteiger partial charge in [0.05, 0.1) is 5.56 Å². The monoisotopic (exact) mass is 264 g/mol. The van der Waals surface area contributed by atoms with Gasteiger partial charge in [0, 0.05) is 19.4 Å². The summed E-state index contributed by atoms with van der Waals surface area (Å²) in [5, 5.41) is 2.50. The van der Waals surface area contributed by atoms with Crippen LogP contribution in [-0.4, -0.2) is 17.9 Å². The molecule has 1 rings (SSSR count). The number of hydrogen-bond acceptors (Lipinski definition) is 2. The van der Waals surface area contributed by atoms with Gasteiger partial charge < -0.3 is 5.32 Å². The summed E-state index contributed by atoms with van der Waals surface area (Å²) in [6, 6.07) is 3.44. The van der Waals surface area contributed by atoms with E-state index in [2.05, 4.69) is 10.3 Å². The number of rotatable bonds is 1. The normalized spacial score (nSPS) is 8.09. The summed E-state index contributed by atoms with van der Waals surface area (Å²) in [6.45, 7) is 0. The van der Waals surface area contributed by atoms with Gasteiger partial charge in [-0.3, -0.25) is 9.78 Å². The van der Waals surface area contributed by atoms with Crippen molar-refractivity contribution in [3.63, 3.8) is 0 Å². The largest absolute Gasteiger partial charge is 0.355 e. The number of carbonyl (C=O) groups is 1. The van der Waals surface area contributed by atoms with Crippen LogP contribution in [0.15, 0.2) is 24.5 Å². The molecule has 4 heteroatoms. The topological polar surface area (TPSA) is 42.0 Å². The standard InChI is InChI=1S/C7H8N2O.HI/c1-8-7(10)6-3-2-4-9-5-6;/h2-5H,1H3,(H,8,10);1H. The molecule has 0 unspecified atom stereocenters. The van der Waals surface area contributed by atoms with Crippen molar-refractivity contribution >= 4 is 29.9 Å². The van der Waals surface area contributed by atoms with Crippen LogP contribution in [-0.2, 0) is 0 Å². The van der Waals surface area contributed by atoms with Crippen LogP contribution in [0.5, 0.6) is 0 Å². The Morgan fingerprint density at radius 1 is 1.64 bits per heavy atom. The van der Waals surface area contributed by atoms with Gasteiger partial charge in [-0.05, 0) is 12.1 Å². The number of aromatic nitrogens is 1. The molecule has 0 fully saturated rings. The molecule has 0 spiro atoms. The third kappa shape index (κ3) is 2.83. The fourth-order valence-electron chi connectivity index (χ4n) is 0.641. The van der Waals surface area contributed by atoms with E-state index in [9.17, 15) is 4.79 Å². The van der Waals surface area contributed by atoms with E-state index in [0.29, 0.717) is 5.56 Å². The van der Waals surface area contributed by atoms with Crippen LogP contribution in [0.3, 0.4) is 0 Å². The number of pyridine rings is 1. The van der Waals surface area contributed by atoms with Gasteiger partial charge in [-0.15, -0.1) is 24.0 Å². The Balaban J connectivity index is 0.000001000. The second kappa shape index (κ2) is 5.06. The van der Waals surface area contributed by atoms with Gasteiger partial charge in [-0.2, -0.15) is 0 Å². The number of hydrogen-bond donors (Lipinski definition) is 1. The number of nitrogens with zero attached hydrogens (tertiary/aromatic N) is 1. The minimum Gasteiger partial charge on any atom is -0.355 e. The molecule has 1 heterocycles. The number of carbonyl (C=O) groups excluding carboxylic acids is 1. The van der Waals surface area contributed by atoms with Crippen molar-refractivity contribution in [2.45, 2.75) is 0 Å². The molecule has 0 radical (unpaired) electrons. The molecule has 3 nitrogen and oxygen atoms in total. The molecule has 0 aliphatic heterocycles. The smallest absolute Gasteiger partial charge is 0.252 e. The van der Waals surface area contributed by atoms with Crippen LogP contribution >= 0.6 is 24.0 Å². The van der Waals surface area contributed by atoms with Crippen LogP contribution in [0.2, 0.25) is 0 Å². The van der Waals surface area contributed by atoms with Crippen molar-refractivity contribution < 1.29 is 4.79 Å². The molecule has 0 saturated carbocycles. The van der Waals surface area contributed by atoms with Crippen molar-refractivity contribution in [2.75, 3.05) is 7.05 Å². The summed E-state index contributed by atoms with van der Waals surface area (Å²) in [5.41, 5.74) is 0.588. The first-order valence-electron chi connectivity index (χ1n) is 2.96. The number of halogens is 1. The maximum Gasteiger partial charge on any atom is 0.252 e. The summed E-state index contributed by atoms with van der Waals surface area (Å²) in [7, 11) is 1.59. The minimum atomic E-state index is -0.104. The van der Waals surface area contributed by atoms with E-state index in [4.69, 9.17) is 0 Å². The van der Waals surface area contributed by atoms with Gasteiger partial charge in [-0.1, -0.05) is 0 Å². The first kappa shape index (κ1) is 10.3. The van der Waals surface area contributed by atoms with Crippen molar-refractivity contribution in [1.29, 1.82) is 0 Å². The predicted octanol–water partition coefficient (Wildman–Crippen LogP) is 1.06. The lowest BCUT2D eigenvalue weighted by Gasteiger charge is -1.95. The second-order valence-electron chi connectivity index (χ2n) is 1.82. The van der Waals surface area contributed by atoms with E-state index >= 15 is 0 Å². The molecule has 0 aromatic carbocycles. The van der Waals surface area contributed by atoms with Crippen LogP contribution in [0, 0.1) is 0 Å². The average Bonchev–Trinajstić information content (AvgIpc) is 2.05. The molecule has 11 heavy (non-hydrogen) atoms. The van der Waals surface area contributed by atoms with Gasteiger partial charge >= 0.3 is 0 Å². The molecule has 0 aliphatic carbocycles. The predicted molar refractivity (Wildman–Crippen MR) is 53.0 cm³/mol. The van der Waals surface area contributed by atoms with Crippen molar-refractivity contribution in [3.8, 4) is 0 Å². The Labute approximate surface area is 82.2 Å². The lowest BCUT2D eigenvalue weighted by atomic mass is 10.3. The lowest BCUT2D eigenvalue weighted by molar-refractivity contribution is 0.0963. The lowest BCUT2D eigenvalue weighted by Crippen LogP contribution is -2.17. The number of amides is 1. The highest BCUT2D eigenvalue weighted by molar-refractivity contribution is 14.0. The van der Waals surface area contributed by atoms with Gasteiger partial charge in [0.25, 0.3) is 5.91 Å². The van der Waals surface area contributed by atoms with E-state index in [0.717, 1.165) is 0 Å². The zero-order valence-electron chi connectivity index (χ0n) is 6.07. The summed E-state index contributed by atoms with van der Waals surface area (Å²) < 4.78 is 0. The van der Waals surface area contributed by atoms with Gasteiger partial charge in [0.2, 0.25) is 0 Å². The Bertz CT molecular complexity index is 225. The van der Waals surface area contributed by atoms with Crippen molar-refractivity contribution in [2.24, 2.45) is 0 Å². The van der Waals surface area contributed by atoms with Gasteiger partial charge in [-0.25, -0.2) is 0 Å². The molecule has 1 aromatic rings. The van der Waals surface area contributed by atoms with E-state index in [1.807, 2.05) is 0 Å². The summed E-state index contributed by atoms with van der Waals surface area (Å²) in [4.78, 5) is 14.7. The molecule has 60 valence electrons. The first-order chi connectivity index (χ1) is 4.84. The summed E-state index contributed by atoms with van der Waals surface area (Å²) >= 11 is 0. The van der Waals surface area contributed by atoms with Crippen LogP contribution < -0.4 is 5.32 Å². The zero-order chi connectivity index (χ0) is 7.40. The molecule has 1 aromatic heterocycles. The molecular formula is C7H9IN2O. The summed E-state index contributed by atoms with van der Waals surface area (Å²) in [6.07, 6.45) is 3.16. The first-order valence-corrected chi connectivity index (χ1v) is 2.96.